The van der Waals surface area contributed by atoms with Gasteiger partial charge in [0.2, 0.25) is 0 Å². The maximum Gasteiger partial charge on any atom is 0.305 e. The SMILES string of the molecule is CCOC(=O)CC[C@H]1C[C@@H](OCc2cccc(Oc3ccccc3)c2)C1. The first-order valence-corrected chi connectivity index (χ1v) is 9.32. The minimum atomic E-state index is -0.0906. The van der Waals surface area contributed by atoms with Gasteiger partial charge in [-0.1, -0.05) is 30.3 Å². The standard InChI is InChI=1S/C22H26O4/c1-2-24-22(23)12-11-17-13-21(14-17)25-16-18-7-6-10-20(15-18)26-19-8-4-3-5-9-19/h3-10,15,17,21H,2,11-14,16H2,1H3/t17-,21+. The molecule has 1 aliphatic carbocycles. The molecule has 0 amide bonds. The average Bonchev–Trinajstić information content (AvgIpc) is 2.61. The minimum Gasteiger partial charge on any atom is -0.466 e. The maximum absolute atomic E-state index is 11.4. The van der Waals surface area contributed by atoms with E-state index in [1.807, 2.05) is 55.5 Å². The number of carbonyl (C=O) groups excluding carboxylic acids is 1. The van der Waals surface area contributed by atoms with Crippen molar-refractivity contribution in [1.29, 1.82) is 0 Å². The summed E-state index contributed by atoms with van der Waals surface area (Å²) < 4.78 is 16.8. The maximum atomic E-state index is 11.4. The fourth-order valence-electron chi connectivity index (χ4n) is 3.14. The Morgan fingerprint density at radius 2 is 1.81 bits per heavy atom. The summed E-state index contributed by atoms with van der Waals surface area (Å²) in [5, 5.41) is 0. The van der Waals surface area contributed by atoms with Gasteiger partial charge in [-0.2, -0.15) is 0 Å². The van der Waals surface area contributed by atoms with Crippen molar-refractivity contribution < 1.29 is 19.0 Å². The molecule has 26 heavy (non-hydrogen) atoms. The fraction of sp³-hybridized carbons (Fsp3) is 0.409. The quantitative estimate of drug-likeness (QED) is 0.587. The van der Waals surface area contributed by atoms with Gasteiger partial charge in [0.05, 0.1) is 19.3 Å². The molecule has 0 N–H and O–H groups in total. The van der Waals surface area contributed by atoms with E-state index < -0.39 is 0 Å². The van der Waals surface area contributed by atoms with E-state index in [9.17, 15) is 4.79 Å². The van der Waals surface area contributed by atoms with Crippen molar-refractivity contribution in [2.75, 3.05) is 6.61 Å². The second kappa shape index (κ2) is 9.39. The summed E-state index contributed by atoms with van der Waals surface area (Å²) in [6, 6.07) is 17.8. The van der Waals surface area contributed by atoms with E-state index in [2.05, 4.69) is 6.07 Å². The van der Waals surface area contributed by atoms with E-state index in [-0.39, 0.29) is 5.97 Å². The summed E-state index contributed by atoms with van der Waals surface area (Å²) >= 11 is 0. The van der Waals surface area contributed by atoms with Crippen molar-refractivity contribution in [3.8, 4) is 11.5 Å². The molecule has 1 fully saturated rings. The highest BCUT2D eigenvalue weighted by atomic mass is 16.5. The van der Waals surface area contributed by atoms with Crippen LogP contribution in [-0.4, -0.2) is 18.7 Å². The molecule has 2 aromatic rings. The third kappa shape index (κ3) is 5.60. The van der Waals surface area contributed by atoms with Crippen molar-refractivity contribution in [1.82, 2.24) is 0 Å². The summed E-state index contributed by atoms with van der Waals surface area (Å²) in [6.07, 6.45) is 3.77. The lowest BCUT2D eigenvalue weighted by atomic mass is 9.79. The minimum absolute atomic E-state index is 0.0906. The molecule has 1 saturated carbocycles. The predicted octanol–water partition coefficient (Wildman–Crippen LogP) is 5.12. The van der Waals surface area contributed by atoms with Crippen LogP contribution in [0.4, 0.5) is 0 Å². The Balaban J connectivity index is 1.38. The predicted molar refractivity (Wildman–Crippen MR) is 100 cm³/mol. The van der Waals surface area contributed by atoms with Crippen LogP contribution < -0.4 is 4.74 Å². The van der Waals surface area contributed by atoms with Crippen molar-refractivity contribution >= 4 is 5.97 Å². The highest BCUT2D eigenvalue weighted by Crippen LogP contribution is 2.34. The van der Waals surface area contributed by atoms with E-state index in [1.54, 1.807) is 0 Å². The Hall–Kier alpha value is -2.33. The Morgan fingerprint density at radius 3 is 2.58 bits per heavy atom. The second-order valence-corrected chi connectivity index (χ2v) is 6.68. The van der Waals surface area contributed by atoms with Gasteiger partial charge in [0.25, 0.3) is 0 Å². The van der Waals surface area contributed by atoms with E-state index in [4.69, 9.17) is 14.2 Å². The van der Waals surface area contributed by atoms with Crippen molar-refractivity contribution in [3.63, 3.8) is 0 Å². The van der Waals surface area contributed by atoms with Gasteiger partial charge < -0.3 is 14.2 Å². The first-order valence-electron chi connectivity index (χ1n) is 9.32. The molecule has 0 spiro atoms. The van der Waals surface area contributed by atoms with Gasteiger partial charge >= 0.3 is 5.97 Å². The molecule has 138 valence electrons. The molecule has 0 aliphatic heterocycles. The molecular weight excluding hydrogens is 328 g/mol. The van der Waals surface area contributed by atoms with E-state index in [0.717, 1.165) is 36.3 Å². The van der Waals surface area contributed by atoms with Crippen LogP contribution in [0.3, 0.4) is 0 Å². The number of carbonyl (C=O) groups is 1. The number of esters is 1. The summed E-state index contributed by atoms with van der Waals surface area (Å²) in [5.41, 5.74) is 1.11. The van der Waals surface area contributed by atoms with Crippen LogP contribution in [0.5, 0.6) is 11.5 Å². The molecule has 0 heterocycles. The summed E-state index contributed by atoms with van der Waals surface area (Å²) in [7, 11) is 0. The van der Waals surface area contributed by atoms with Crippen LogP contribution in [0.15, 0.2) is 54.6 Å². The van der Waals surface area contributed by atoms with Crippen molar-refractivity contribution in [2.45, 2.75) is 45.3 Å². The molecule has 0 atom stereocenters. The van der Waals surface area contributed by atoms with Crippen LogP contribution in [0, 0.1) is 5.92 Å². The molecule has 0 radical (unpaired) electrons. The molecule has 2 aromatic carbocycles. The highest BCUT2D eigenvalue weighted by molar-refractivity contribution is 5.69. The number of hydrogen-bond acceptors (Lipinski definition) is 4. The third-order valence-corrected chi connectivity index (χ3v) is 4.62. The fourth-order valence-corrected chi connectivity index (χ4v) is 3.14. The van der Waals surface area contributed by atoms with Crippen LogP contribution in [0.1, 0.15) is 38.2 Å². The molecule has 1 aliphatic rings. The zero-order valence-electron chi connectivity index (χ0n) is 15.2. The Morgan fingerprint density at radius 1 is 1.04 bits per heavy atom. The Labute approximate surface area is 155 Å². The average molecular weight is 354 g/mol. The molecule has 0 aromatic heterocycles. The second-order valence-electron chi connectivity index (χ2n) is 6.68. The van der Waals surface area contributed by atoms with E-state index in [1.165, 1.54) is 0 Å². The molecular formula is C22H26O4. The Kier molecular flexibility index (Phi) is 6.67. The molecule has 0 unspecified atom stereocenters. The summed E-state index contributed by atoms with van der Waals surface area (Å²) in [5.74, 6) is 2.14. The van der Waals surface area contributed by atoms with E-state index in [0.29, 0.717) is 31.7 Å². The van der Waals surface area contributed by atoms with Gasteiger partial charge in [-0.05, 0) is 61.9 Å². The summed E-state index contributed by atoms with van der Waals surface area (Å²) in [4.78, 5) is 11.4. The number of hydrogen-bond donors (Lipinski definition) is 0. The van der Waals surface area contributed by atoms with Crippen molar-refractivity contribution in [2.24, 2.45) is 5.92 Å². The van der Waals surface area contributed by atoms with Crippen LogP contribution >= 0.6 is 0 Å². The molecule has 4 heteroatoms. The van der Waals surface area contributed by atoms with Gasteiger partial charge in [0, 0.05) is 6.42 Å². The molecule has 3 rings (SSSR count). The normalized spacial score (nSPS) is 18.8. The number of para-hydroxylation sites is 1. The smallest absolute Gasteiger partial charge is 0.305 e. The number of rotatable bonds is 9. The largest absolute Gasteiger partial charge is 0.466 e. The van der Waals surface area contributed by atoms with Crippen LogP contribution in [0.25, 0.3) is 0 Å². The monoisotopic (exact) mass is 354 g/mol. The van der Waals surface area contributed by atoms with Gasteiger partial charge in [-0.25, -0.2) is 0 Å². The third-order valence-electron chi connectivity index (χ3n) is 4.62. The first kappa shape index (κ1) is 18.5. The van der Waals surface area contributed by atoms with E-state index >= 15 is 0 Å². The Bertz CT molecular complexity index is 692. The van der Waals surface area contributed by atoms with Gasteiger partial charge in [-0.15, -0.1) is 0 Å². The van der Waals surface area contributed by atoms with Crippen LogP contribution in [0.2, 0.25) is 0 Å². The number of ether oxygens (including phenoxy) is 3. The lowest BCUT2D eigenvalue weighted by Crippen LogP contribution is -2.31. The lowest BCUT2D eigenvalue weighted by Gasteiger charge is -2.35. The number of benzene rings is 2. The molecule has 0 bridgehead atoms. The van der Waals surface area contributed by atoms with Crippen molar-refractivity contribution in [3.05, 3.63) is 60.2 Å². The first-order chi connectivity index (χ1) is 12.7. The van der Waals surface area contributed by atoms with Crippen LogP contribution in [-0.2, 0) is 20.9 Å². The molecule has 0 saturated heterocycles. The zero-order valence-corrected chi connectivity index (χ0v) is 15.2. The molecule has 4 nitrogen and oxygen atoms in total. The topological polar surface area (TPSA) is 44.8 Å². The lowest BCUT2D eigenvalue weighted by molar-refractivity contribution is -0.144. The summed E-state index contributed by atoms with van der Waals surface area (Å²) in [6.45, 7) is 2.88. The highest BCUT2D eigenvalue weighted by Gasteiger charge is 2.30. The van der Waals surface area contributed by atoms with Gasteiger partial charge in [0.15, 0.2) is 0 Å². The zero-order chi connectivity index (χ0) is 18.2. The van der Waals surface area contributed by atoms with Gasteiger partial charge in [0.1, 0.15) is 11.5 Å². The van der Waals surface area contributed by atoms with Gasteiger partial charge in [-0.3, -0.25) is 4.79 Å².